The second-order valence-electron chi connectivity index (χ2n) is 1.72. The van der Waals surface area contributed by atoms with Gasteiger partial charge in [-0.1, -0.05) is 6.58 Å². The molecule has 0 unspecified atom stereocenters. The molecule has 0 fully saturated rings. The van der Waals surface area contributed by atoms with Gasteiger partial charge in [0.1, 0.15) is 12.5 Å². The van der Waals surface area contributed by atoms with E-state index < -0.39 is 0 Å². The second kappa shape index (κ2) is 1.90. The molecule has 0 saturated heterocycles. The Morgan fingerprint density at radius 2 is 2.00 bits per heavy atom. The lowest BCUT2D eigenvalue weighted by molar-refractivity contribution is 0.00963. The van der Waals surface area contributed by atoms with Gasteiger partial charge in [0.15, 0.2) is 0 Å². The number of rotatable bonds is 1. The summed E-state index contributed by atoms with van der Waals surface area (Å²) in [7, 11) is 0. The van der Waals surface area contributed by atoms with Crippen LogP contribution in [0.15, 0.2) is 24.7 Å². The molecule has 8 heavy (non-hydrogen) atoms. The van der Waals surface area contributed by atoms with E-state index in [0.29, 0.717) is 0 Å². The Labute approximate surface area is 48.4 Å². The number of hydrogen-bond donors (Lipinski definition) is 0. The summed E-state index contributed by atoms with van der Waals surface area (Å²) in [5, 5.41) is 0. The number of hydrogen-bond acceptors (Lipinski definition) is 2. The molecule has 0 saturated carbocycles. The van der Waals surface area contributed by atoms with Crippen molar-refractivity contribution in [3.63, 3.8) is 0 Å². The molecule has 0 bridgehead atoms. The van der Waals surface area contributed by atoms with Crippen LogP contribution in [-0.4, -0.2) is 6.29 Å². The Bertz CT molecular complexity index is 118. The van der Waals surface area contributed by atoms with Crippen LogP contribution in [0.4, 0.5) is 0 Å². The highest BCUT2D eigenvalue weighted by molar-refractivity contribution is 4.96. The van der Waals surface area contributed by atoms with Crippen LogP contribution in [0, 0.1) is 0 Å². The summed E-state index contributed by atoms with van der Waals surface area (Å²) < 4.78 is 9.82. The highest BCUT2D eigenvalue weighted by Gasteiger charge is 2.11. The molecule has 1 aliphatic rings. The van der Waals surface area contributed by atoms with Crippen molar-refractivity contribution in [1.29, 1.82) is 0 Å². The van der Waals surface area contributed by atoms with Gasteiger partial charge in [0.2, 0.25) is 0 Å². The van der Waals surface area contributed by atoms with Gasteiger partial charge in [-0.15, -0.1) is 0 Å². The van der Waals surface area contributed by atoms with Crippen molar-refractivity contribution < 1.29 is 9.47 Å². The molecule has 0 N–H and O–H groups in total. The summed E-state index contributed by atoms with van der Waals surface area (Å²) in [5.74, 6) is 0. The largest absolute Gasteiger partial charge is 0.455 e. The van der Waals surface area contributed by atoms with Crippen molar-refractivity contribution in [2.45, 2.75) is 13.2 Å². The Kier molecular flexibility index (Phi) is 1.24. The van der Waals surface area contributed by atoms with Crippen molar-refractivity contribution in [3.8, 4) is 0 Å². The molecule has 2 nitrogen and oxygen atoms in total. The first kappa shape index (κ1) is 5.22. The van der Waals surface area contributed by atoms with Crippen LogP contribution in [0.5, 0.6) is 0 Å². The van der Waals surface area contributed by atoms with E-state index in [0.717, 1.165) is 5.57 Å². The summed E-state index contributed by atoms with van der Waals surface area (Å²) in [4.78, 5) is 0. The lowest BCUT2D eigenvalue weighted by atomic mass is 10.3. The van der Waals surface area contributed by atoms with Crippen molar-refractivity contribution >= 4 is 0 Å². The zero-order valence-electron chi connectivity index (χ0n) is 4.76. The molecule has 2 heteroatoms. The second-order valence-corrected chi connectivity index (χ2v) is 1.72. The van der Waals surface area contributed by atoms with Gasteiger partial charge in [0.05, 0.1) is 0 Å². The lowest BCUT2D eigenvalue weighted by Gasteiger charge is -2.07. The SMILES string of the molecule is C=C(C)C1OC=CO1. The first-order chi connectivity index (χ1) is 3.80. The minimum absolute atomic E-state index is 0.241. The van der Waals surface area contributed by atoms with Crippen molar-refractivity contribution in [1.82, 2.24) is 0 Å². The lowest BCUT2D eigenvalue weighted by Crippen LogP contribution is -2.06. The summed E-state index contributed by atoms with van der Waals surface area (Å²) in [5.41, 5.74) is 0.884. The van der Waals surface area contributed by atoms with Crippen LogP contribution in [0.1, 0.15) is 6.92 Å². The zero-order valence-corrected chi connectivity index (χ0v) is 4.76. The van der Waals surface area contributed by atoms with Crippen molar-refractivity contribution in [2.24, 2.45) is 0 Å². The molecule has 1 aliphatic heterocycles. The predicted molar refractivity (Wildman–Crippen MR) is 29.9 cm³/mol. The summed E-state index contributed by atoms with van der Waals surface area (Å²) in [6, 6.07) is 0. The monoisotopic (exact) mass is 112 g/mol. The van der Waals surface area contributed by atoms with Gasteiger partial charge in [-0.3, -0.25) is 0 Å². The van der Waals surface area contributed by atoms with E-state index in [9.17, 15) is 0 Å². The third-order valence-corrected chi connectivity index (χ3v) is 0.862. The fourth-order valence-electron chi connectivity index (χ4n) is 0.471. The molecule has 0 amide bonds. The molecule has 0 radical (unpaired) electrons. The van der Waals surface area contributed by atoms with Crippen LogP contribution < -0.4 is 0 Å². The third-order valence-electron chi connectivity index (χ3n) is 0.862. The van der Waals surface area contributed by atoms with Crippen LogP contribution in [-0.2, 0) is 9.47 Å². The zero-order chi connectivity index (χ0) is 5.98. The van der Waals surface area contributed by atoms with E-state index in [-0.39, 0.29) is 6.29 Å². The smallest absolute Gasteiger partial charge is 0.261 e. The van der Waals surface area contributed by atoms with Crippen LogP contribution in [0.3, 0.4) is 0 Å². The topological polar surface area (TPSA) is 18.5 Å². The molecule has 0 aromatic rings. The van der Waals surface area contributed by atoms with Gasteiger partial charge in [-0.2, -0.15) is 0 Å². The van der Waals surface area contributed by atoms with E-state index >= 15 is 0 Å². The maximum atomic E-state index is 4.91. The van der Waals surface area contributed by atoms with E-state index in [1.165, 1.54) is 12.5 Å². The Hall–Kier alpha value is -0.920. The molecule has 1 rings (SSSR count). The molecule has 44 valence electrons. The van der Waals surface area contributed by atoms with Crippen molar-refractivity contribution in [2.75, 3.05) is 0 Å². The average molecular weight is 112 g/mol. The molecular weight excluding hydrogens is 104 g/mol. The fraction of sp³-hybridized carbons (Fsp3) is 0.333. The summed E-state index contributed by atoms with van der Waals surface area (Å²) in [6.45, 7) is 5.51. The number of ether oxygens (including phenoxy) is 2. The summed E-state index contributed by atoms with van der Waals surface area (Å²) >= 11 is 0. The Morgan fingerprint density at radius 3 is 2.25 bits per heavy atom. The molecule has 0 spiro atoms. The van der Waals surface area contributed by atoms with Crippen LogP contribution in [0.25, 0.3) is 0 Å². The Balaban J connectivity index is 2.41. The molecule has 0 aromatic heterocycles. The van der Waals surface area contributed by atoms with E-state index in [4.69, 9.17) is 9.47 Å². The maximum absolute atomic E-state index is 4.91. The first-order valence-corrected chi connectivity index (χ1v) is 2.42. The third kappa shape index (κ3) is 0.832. The maximum Gasteiger partial charge on any atom is 0.261 e. The van der Waals surface area contributed by atoms with Gasteiger partial charge in [-0.25, -0.2) is 0 Å². The molecule has 1 heterocycles. The van der Waals surface area contributed by atoms with Gasteiger partial charge in [0, 0.05) is 0 Å². The van der Waals surface area contributed by atoms with Crippen LogP contribution >= 0.6 is 0 Å². The van der Waals surface area contributed by atoms with Gasteiger partial charge in [0.25, 0.3) is 6.29 Å². The highest BCUT2D eigenvalue weighted by Crippen LogP contribution is 2.11. The molecular formula is C6H8O2. The van der Waals surface area contributed by atoms with E-state index in [2.05, 4.69) is 6.58 Å². The van der Waals surface area contributed by atoms with E-state index in [1.807, 2.05) is 6.92 Å². The van der Waals surface area contributed by atoms with Gasteiger partial charge < -0.3 is 9.47 Å². The minimum atomic E-state index is -0.241. The highest BCUT2D eigenvalue weighted by atomic mass is 16.7. The van der Waals surface area contributed by atoms with Crippen molar-refractivity contribution in [3.05, 3.63) is 24.7 Å². The minimum Gasteiger partial charge on any atom is -0.455 e. The first-order valence-electron chi connectivity index (χ1n) is 2.42. The molecule has 0 aromatic carbocycles. The summed E-state index contributed by atoms with van der Waals surface area (Å²) in [6.07, 6.45) is 2.79. The predicted octanol–water partition coefficient (Wildman–Crippen LogP) is 1.41. The van der Waals surface area contributed by atoms with Gasteiger partial charge >= 0.3 is 0 Å². The standard InChI is InChI=1S/C6H8O2/c1-5(2)6-7-3-4-8-6/h3-4,6H,1H2,2H3. The quantitative estimate of drug-likeness (QED) is 0.477. The molecule has 0 aliphatic carbocycles. The van der Waals surface area contributed by atoms with E-state index in [1.54, 1.807) is 0 Å². The average Bonchev–Trinajstić information content (AvgIpc) is 2.12. The normalized spacial score (nSPS) is 17.6. The molecule has 0 atom stereocenters. The van der Waals surface area contributed by atoms with Gasteiger partial charge in [-0.05, 0) is 12.5 Å². The Morgan fingerprint density at radius 1 is 1.50 bits per heavy atom. The fourth-order valence-corrected chi connectivity index (χ4v) is 0.471. The van der Waals surface area contributed by atoms with Crippen LogP contribution in [0.2, 0.25) is 0 Å².